The quantitative estimate of drug-likeness (QED) is 0.222. The fourth-order valence-corrected chi connectivity index (χ4v) is 2.42. The molecule has 3 N–H and O–H groups in total. The minimum absolute atomic E-state index is 0. The van der Waals surface area contributed by atoms with E-state index in [1.165, 1.54) is 4.90 Å². The predicted molar refractivity (Wildman–Crippen MR) is 106 cm³/mol. The number of rotatable bonds is 7. The summed E-state index contributed by atoms with van der Waals surface area (Å²) < 4.78 is 0. The van der Waals surface area contributed by atoms with E-state index in [1.54, 1.807) is 24.3 Å². The van der Waals surface area contributed by atoms with Crippen molar-refractivity contribution in [3.8, 4) is 0 Å². The Hall–Kier alpha value is -1.64. The average Bonchev–Trinajstić information content (AvgIpc) is 2.79. The van der Waals surface area contributed by atoms with Crippen LogP contribution in [0.15, 0.2) is 29.3 Å². The Bertz CT molecular complexity index is 583. The highest BCUT2D eigenvalue weighted by atomic mass is 127. The van der Waals surface area contributed by atoms with Gasteiger partial charge in [-0.05, 0) is 38.3 Å². The summed E-state index contributed by atoms with van der Waals surface area (Å²) in [7, 11) is 0. The highest BCUT2D eigenvalue weighted by molar-refractivity contribution is 14.0. The number of nitrogens with zero attached hydrogens (tertiary/aromatic N) is 2. The van der Waals surface area contributed by atoms with Gasteiger partial charge in [0, 0.05) is 19.1 Å². The van der Waals surface area contributed by atoms with E-state index in [-0.39, 0.29) is 35.8 Å². The number of amides is 2. The number of unbranched alkanes of at least 4 members (excludes halogenated alkanes) is 1. The van der Waals surface area contributed by atoms with E-state index in [0.29, 0.717) is 42.6 Å². The zero-order chi connectivity index (χ0) is 16.8. The van der Waals surface area contributed by atoms with Gasteiger partial charge in [-0.3, -0.25) is 19.5 Å². The van der Waals surface area contributed by atoms with Crippen molar-refractivity contribution in [2.45, 2.75) is 39.2 Å². The van der Waals surface area contributed by atoms with Crippen LogP contribution in [-0.4, -0.2) is 41.8 Å². The molecule has 0 radical (unpaired) electrons. The molecular formula is C17H25IN4O2. The smallest absolute Gasteiger partial charge is 0.261 e. The third-order valence-electron chi connectivity index (χ3n) is 3.96. The van der Waals surface area contributed by atoms with Crippen LogP contribution in [0.1, 0.15) is 53.8 Å². The molecule has 1 aliphatic rings. The van der Waals surface area contributed by atoms with E-state index < -0.39 is 0 Å². The normalized spacial score (nSPS) is 15.1. The van der Waals surface area contributed by atoms with Crippen LogP contribution in [0, 0.1) is 0 Å². The third-order valence-corrected chi connectivity index (χ3v) is 3.96. The highest BCUT2D eigenvalue weighted by Crippen LogP contribution is 2.22. The van der Waals surface area contributed by atoms with E-state index in [9.17, 15) is 9.59 Å². The molecule has 1 aromatic rings. The standard InChI is InChI=1S/C17H24N4O2.HI/c1-3-12(2)20-17(18)19-10-6-7-11-21-15(22)13-8-4-5-9-14(13)16(21)23;/h4-5,8-9,12H,3,6-7,10-11H2,1-2H3,(H3,18,19,20);1H. The largest absolute Gasteiger partial charge is 0.370 e. The Morgan fingerprint density at radius 1 is 1.21 bits per heavy atom. The molecule has 0 saturated carbocycles. The zero-order valence-corrected chi connectivity index (χ0v) is 16.4. The SMILES string of the molecule is CCC(C)NC(N)=NCCCCN1C(=O)c2ccccc2C1=O.I. The molecule has 24 heavy (non-hydrogen) atoms. The first-order valence-electron chi connectivity index (χ1n) is 8.06. The predicted octanol–water partition coefficient (Wildman–Crippen LogP) is 2.38. The average molecular weight is 444 g/mol. The first-order chi connectivity index (χ1) is 11.0. The van der Waals surface area contributed by atoms with Crippen molar-refractivity contribution in [3.63, 3.8) is 0 Å². The molecule has 2 rings (SSSR count). The van der Waals surface area contributed by atoms with Crippen LogP contribution in [-0.2, 0) is 0 Å². The lowest BCUT2D eigenvalue weighted by atomic mass is 10.1. The van der Waals surface area contributed by atoms with E-state index in [4.69, 9.17) is 5.73 Å². The van der Waals surface area contributed by atoms with Crippen LogP contribution in [0.5, 0.6) is 0 Å². The molecule has 1 aromatic carbocycles. The summed E-state index contributed by atoms with van der Waals surface area (Å²) in [4.78, 5) is 29.9. The summed E-state index contributed by atoms with van der Waals surface area (Å²) >= 11 is 0. The van der Waals surface area contributed by atoms with Crippen LogP contribution in [0.25, 0.3) is 0 Å². The van der Waals surface area contributed by atoms with Gasteiger partial charge in [0.1, 0.15) is 0 Å². The van der Waals surface area contributed by atoms with Crippen LogP contribution >= 0.6 is 24.0 Å². The van der Waals surface area contributed by atoms with Gasteiger partial charge in [-0.15, -0.1) is 24.0 Å². The lowest BCUT2D eigenvalue weighted by molar-refractivity contribution is 0.0652. The van der Waals surface area contributed by atoms with Crippen LogP contribution in [0.4, 0.5) is 0 Å². The summed E-state index contributed by atoms with van der Waals surface area (Å²) in [6.45, 7) is 5.12. The van der Waals surface area contributed by atoms with Crippen molar-refractivity contribution in [3.05, 3.63) is 35.4 Å². The topological polar surface area (TPSA) is 87.8 Å². The minimum Gasteiger partial charge on any atom is -0.370 e. The lowest BCUT2D eigenvalue weighted by Crippen LogP contribution is -2.38. The second-order valence-corrected chi connectivity index (χ2v) is 5.74. The van der Waals surface area contributed by atoms with Gasteiger partial charge in [0.15, 0.2) is 5.96 Å². The maximum atomic E-state index is 12.2. The summed E-state index contributed by atoms with van der Waals surface area (Å²) in [5.74, 6) is 0.0409. The Labute approximate surface area is 159 Å². The molecule has 1 aliphatic heterocycles. The first kappa shape index (κ1) is 20.4. The minimum atomic E-state index is -0.202. The number of imide groups is 1. The fraction of sp³-hybridized carbons (Fsp3) is 0.471. The second-order valence-electron chi connectivity index (χ2n) is 5.74. The fourth-order valence-electron chi connectivity index (χ4n) is 2.42. The maximum Gasteiger partial charge on any atom is 0.261 e. The number of nitrogens with one attached hydrogen (secondary N) is 1. The third kappa shape index (κ3) is 4.93. The Balaban J connectivity index is 0.00000288. The summed E-state index contributed by atoms with van der Waals surface area (Å²) in [5, 5.41) is 3.10. The molecule has 1 unspecified atom stereocenters. The van der Waals surface area contributed by atoms with Crippen LogP contribution in [0.3, 0.4) is 0 Å². The van der Waals surface area contributed by atoms with E-state index >= 15 is 0 Å². The van der Waals surface area contributed by atoms with E-state index in [0.717, 1.165) is 12.8 Å². The number of aliphatic imine (C=N–C) groups is 1. The maximum absolute atomic E-state index is 12.2. The van der Waals surface area contributed by atoms with Crippen LogP contribution < -0.4 is 11.1 Å². The van der Waals surface area contributed by atoms with Crippen LogP contribution in [0.2, 0.25) is 0 Å². The summed E-state index contributed by atoms with van der Waals surface area (Å²) in [6, 6.07) is 7.24. The van der Waals surface area contributed by atoms with Crippen molar-refractivity contribution < 1.29 is 9.59 Å². The van der Waals surface area contributed by atoms with Gasteiger partial charge < -0.3 is 11.1 Å². The molecule has 0 bridgehead atoms. The molecule has 1 heterocycles. The molecule has 6 nitrogen and oxygen atoms in total. The second kappa shape index (κ2) is 9.61. The number of fused-ring (bicyclic) bond motifs is 1. The van der Waals surface area contributed by atoms with Gasteiger partial charge in [-0.25, -0.2) is 0 Å². The number of nitrogens with two attached hydrogens (primary N) is 1. The first-order valence-corrected chi connectivity index (χ1v) is 8.06. The van der Waals surface area contributed by atoms with Gasteiger partial charge in [0.2, 0.25) is 0 Å². The molecule has 0 saturated heterocycles. The molecule has 0 aliphatic carbocycles. The van der Waals surface area contributed by atoms with Crippen molar-refractivity contribution in [2.24, 2.45) is 10.7 Å². The Morgan fingerprint density at radius 2 is 1.79 bits per heavy atom. The Kier molecular flexibility index (Phi) is 8.17. The van der Waals surface area contributed by atoms with Crippen molar-refractivity contribution in [1.29, 1.82) is 0 Å². The summed E-state index contributed by atoms with van der Waals surface area (Å²) in [6.07, 6.45) is 2.47. The summed E-state index contributed by atoms with van der Waals surface area (Å²) in [5.41, 5.74) is 6.77. The lowest BCUT2D eigenvalue weighted by Gasteiger charge is -2.13. The van der Waals surface area contributed by atoms with Gasteiger partial charge in [-0.1, -0.05) is 19.1 Å². The Morgan fingerprint density at radius 3 is 2.33 bits per heavy atom. The molecule has 2 amide bonds. The highest BCUT2D eigenvalue weighted by Gasteiger charge is 2.34. The van der Waals surface area contributed by atoms with Gasteiger partial charge in [0.25, 0.3) is 11.8 Å². The van der Waals surface area contributed by atoms with Gasteiger partial charge in [-0.2, -0.15) is 0 Å². The molecule has 0 fully saturated rings. The number of guanidine groups is 1. The number of carbonyl (C=O) groups excluding carboxylic acids is 2. The number of hydrogen-bond acceptors (Lipinski definition) is 3. The number of hydrogen-bond donors (Lipinski definition) is 2. The van der Waals surface area contributed by atoms with Gasteiger partial charge >= 0.3 is 0 Å². The van der Waals surface area contributed by atoms with Gasteiger partial charge in [0.05, 0.1) is 11.1 Å². The van der Waals surface area contributed by atoms with E-state index in [2.05, 4.69) is 17.2 Å². The van der Waals surface area contributed by atoms with Crippen molar-refractivity contribution >= 4 is 41.8 Å². The van der Waals surface area contributed by atoms with Crippen molar-refractivity contribution in [1.82, 2.24) is 10.2 Å². The number of benzene rings is 1. The monoisotopic (exact) mass is 444 g/mol. The molecule has 1 atom stereocenters. The molecule has 0 aromatic heterocycles. The zero-order valence-electron chi connectivity index (χ0n) is 14.1. The number of halogens is 1. The molecule has 0 spiro atoms. The molecule has 7 heteroatoms. The number of carbonyl (C=O) groups is 2. The van der Waals surface area contributed by atoms with Crippen molar-refractivity contribution in [2.75, 3.05) is 13.1 Å². The van der Waals surface area contributed by atoms with E-state index in [1.807, 2.05) is 6.92 Å². The molecular weight excluding hydrogens is 419 g/mol. The molecule has 132 valence electrons.